The standard InChI is InChI=1S/C11H24.C2H6/c1-9(2)7-11(5,6)8-10(3)4;1-2/h9-10H,7-8H2,1-6H3;1-2H3. The molecule has 0 spiro atoms. The molecule has 0 unspecified atom stereocenters. The third-order valence-electron chi connectivity index (χ3n) is 1.92. The van der Waals surface area contributed by atoms with Crippen molar-refractivity contribution in [3.05, 3.63) is 0 Å². The normalized spacial score (nSPS) is 11.5. The van der Waals surface area contributed by atoms with Crippen molar-refractivity contribution >= 4 is 0 Å². The molecule has 0 fully saturated rings. The fourth-order valence-electron chi connectivity index (χ4n) is 2.29. The highest BCUT2D eigenvalue weighted by molar-refractivity contribution is 4.71. The summed E-state index contributed by atoms with van der Waals surface area (Å²) in [7, 11) is 0. The minimum atomic E-state index is 0.544. The summed E-state index contributed by atoms with van der Waals surface area (Å²) in [5, 5.41) is 0. The van der Waals surface area contributed by atoms with Gasteiger partial charge in [-0.15, -0.1) is 0 Å². The van der Waals surface area contributed by atoms with E-state index in [4.69, 9.17) is 0 Å². The maximum Gasteiger partial charge on any atom is -0.0349 e. The van der Waals surface area contributed by atoms with E-state index >= 15 is 0 Å². The van der Waals surface area contributed by atoms with Crippen LogP contribution in [-0.4, -0.2) is 0 Å². The summed E-state index contributed by atoms with van der Waals surface area (Å²) in [5.41, 5.74) is 0.544. The number of hydrogen-bond acceptors (Lipinski definition) is 0. The monoisotopic (exact) mass is 186 g/mol. The quantitative estimate of drug-likeness (QED) is 0.571. The molecule has 0 bridgehead atoms. The van der Waals surface area contributed by atoms with E-state index in [0.29, 0.717) is 5.41 Å². The van der Waals surface area contributed by atoms with E-state index in [1.54, 1.807) is 0 Å². The first kappa shape index (κ1) is 15.5. The SMILES string of the molecule is CC.CC(C)CC(C)(C)CC(C)C. The predicted octanol–water partition coefficient (Wildman–Crippen LogP) is 5.13. The van der Waals surface area contributed by atoms with E-state index < -0.39 is 0 Å². The van der Waals surface area contributed by atoms with Gasteiger partial charge in [0, 0.05) is 0 Å². The van der Waals surface area contributed by atoms with Gasteiger partial charge in [0.05, 0.1) is 0 Å². The molecule has 82 valence electrons. The molecule has 0 aromatic heterocycles. The van der Waals surface area contributed by atoms with Crippen LogP contribution < -0.4 is 0 Å². The fourth-order valence-corrected chi connectivity index (χ4v) is 2.29. The van der Waals surface area contributed by atoms with Crippen LogP contribution in [0.3, 0.4) is 0 Å². The van der Waals surface area contributed by atoms with E-state index in [9.17, 15) is 0 Å². The second-order valence-corrected chi connectivity index (χ2v) is 5.36. The molecule has 0 heteroatoms. The minimum Gasteiger partial charge on any atom is -0.0683 e. The summed E-state index contributed by atoms with van der Waals surface area (Å²) in [6, 6.07) is 0. The Morgan fingerprint density at radius 2 is 1.00 bits per heavy atom. The Kier molecular flexibility index (Phi) is 8.82. The maximum absolute atomic E-state index is 2.38. The zero-order valence-electron chi connectivity index (χ0n) is 11.1. The van der Waals surface area contributed by atoms with Crippen LogP contribution in [0.25, 0.3) is 0 Å². The summed E-state index contributed by atoms with van der Waals surface area (Å²) in [6.45, 7) is 18.0. The molecule has 0 aliphatic rings. The average Bonchev–Trinajstić information content (AvgIpc) is 1.85. The van der Waals surface area contributed by atoms with Crippen molar-refractivity contribution in [2.75, 3.05) is 0 Å². The highest BCUT2D eigenvalue weighted by Gasteiger charge is 2.20. The highest BCUT2D eigenvalue weighted by atomic mass is 14.3. The fraction of sp³-hybridized carbons (Fsp3) is 1.00. The Bertz CT molecular complexity index is 86.6. The van der Waals surface area contributed by atoms with Crippen LogP contribution in [0, 0.1) is 17.3 Å². The first-order chi connectivity index (χ1) is 5.83. The van der Waals surface area contributed by atoms with Gasteiger partial charge in [-0.2, -0.15) is 0 Å². The zero-order chi connectivity index (χ0) is 11.1. The summed E-state index contributed by atoms with van der Waals surface area (Å²) in [4.78, 5) is 0. The Hall–Kier alpha value is 0. The lowest BCUT2D eigenvalue weighted by molar-refractivity contribution is 0.233. The number of hydrogen-bond donors (Lipinski definition) is 0. The largest absolute Gasteiger partial charge is 0.0683 e. The molecular weight excluding hydrogens is 156 g/mol. The lowest BCUT2D eigenvalue weighted by Crippen LogP contribution is -2.16. The molecule has 0 amide bonds. The van der Waals surface area contributed by atoms with Gasteiger partial charge < -0.3 is 0 Å². The average molecular weight is 186 g/mol. The van der Waals surface area contributed by atoms with Gasteiger partial charge >= 0.3 is 0 Å². The smallest absolute Gasteiger partial charge is 0.0349 e. The van der Waals surface area contributed by atoms with Crippen LogP contribution in [0.4, 0.5) is 0 Å². The van der Waals surface area contributed by atoms with Gasteiger partial charge in [-0.3, -0.25) is 0 Å². The van der Waals surface area contributed by atoms with Gasteiger partial charge in [0.25, 0.3) is 0 Å². The van der Waals surface area contributed by atoms with Crippen LogP contribution in [0.5, 0.6) is 0 Å². The van der Waals surface area contributed by atoms with Crippen molar-refractivity contribution in [3.63, 3.8) is 0 Å². The van der Waals surface area contributed by atoms with Crippen molar-refractivity contribution in [3.8, 4) is 0 Å². The Morgan fingerprint density at radius 1 is 0.769 bits per heavy atom. The first-order valence-electron chi connectivity index (χ1n) is 5.83. The molecule has 0 aliphatic carbocycles. The molecule has 0 radical (unpaired) electrons. The van der Waals surface area contributed by atoms with Gasteiger partial charge in [0.1, 0.15) is 0 Å². The predicted molar refractivity (Wildman–Crippen MR) is 64.0 cm³/mol. The van der Waals surface area contributed by atoms with Crippen molar-refractivity contribution in [2.45, 2.75) is 68.2 Å². The zero-order valence-corrected chi connectivity index (χ0v) is 11.1. The summed E-state index contributed by atoms with van der Waals surface area (Å²) in [5.74, 6) is 1.67. The van der Waals surface area contributed by atoms with Crippen molar-refractivity contribution in [1.29, 1.82) is 0 Å². The second-order valence-electron chi connectivity index (χ2n) is 5.36. The summed E-state index contributed by atoms with van der Waals surface area (Å²) >= 11 is 0. The second kappa shape index (κ2) is 7.41. The van der Waals surface area contributed by atoms with Crippen molar-refractivity contribution < 1.29 is 0 Å². The summed E-state index contributed by atoms with van der Waals surface area (Å²) < 4.78 is 0. The van der Waals surface area contributed by atoms with E-state index in [1.807, 2.05) is 13.8 Å². The molecule has 0 nitrogen and oxygen atoms in total. The maximum atomic E-state index is 2.38. The Labute approximate surface area is 86.1 Å². The topological polar surface area (TPSA) is 0 Å². The van der Waals surface area contributed by atoms with E-state index in [-0.39, 0.29) is 0 Å². The lowest BCUT2D eigenvalue weighted by atomic mass is 9.78. The molecule has 0 rings (SSSR count). The van der Waals surface area contributed by atoms with Crippen LogP contribution >= 0.6 is 0 Å². The van der Waals surface area contributed by atoms with Crippen molar-refractivity contribution in [2.24, 2.45) is 17.3 Å². The molecule has 0 atom stereocenters. The van der Waals surface area contributed by atoms with Gasteiger partial charge in [0.2, 0.25) is 0 Å². The molecule has 0 aromatic rings. The van der Waals surface area contributed by atoms with E-state index in [0.717, 1.165) is 11.8 Å². The molecule has 0 saturated carbocycles. The third kappa shape index (κ3) is 12.0. The molecule has 0 aliphatic heterocycles. The molecule has 0 aromatic carbocycles. The molecule has 0 heterocycles. The highest BCUT2D eigenvalue weighted by Crippen LogP contribution is 2.31. The van der Waals surface area contributed by atoms with Gasteiger partial charge in [-0.25, -0.2) is 0 Å². The van der Waals surface area contributed by atoms with E-state index in [1.165, 1.54) is 12.8 Å². The van der Waals surface area contributed by atoms with Gasteiger partial charge in [-0.05, 0) is 30.1 Å². The van der Waals surface area contributed by atoms with Crippen LogP contribution in [0.15, 0.2) is 0 Å². The molecule has 0 saturated heterocycles. The third-order valence-corrected chi connectivity index (χ3v) is 1.92. The molecule has 13 heavy (non-hydrogen) atoms. The minimum absolute atomic E-state index is 0.544. The van der Waals surface area contributed by atoms with Crippen molar-refractivity contribution in [1.82, 2.24) is 0 Å². The Balaban J connectivity index is 0. The lowest BCUT2D eigenvalue weighted by Gasteiger charge is -2.28. The van der Waals surface area contributed by atoms with Crippen LogP contribution in [0.2, 0.25) is 0 Å². The molecular formula is C13H30. The van der Waals surface area contributed by atoms with Gasteiger partial charge in [-0.1, -0.05) is 55.4 Å². The number of rotatable bonds is 4. The Morgan fingerprint density at radius 3 is 1.15 bits per heavy atom. The van der Waals surface area contributed by atoms with E-state index in [2.05, 4.69) is 41.5 Å². The van der Waals surface area contributed by atoms with Crippen LogP contribution in [0.1, 0.15) is 68.2 Å². The van der Waals surface area contributed by atoms with Gasteiger partial charge in [0.15, 0.2) is 0 Å². The molecule has 0 N–H and O–H groups in total. The summed E-state index contributed by atoms with van der Waals surface area (Å²) in [6.07, 6.45) is 2.70. The van der Waals surface area contributed by atoms with Crippen LogP contribution in [-0.2, 0) is 0 Å². The first-order valence-corrected chi connectivity index (χ1v) is 5.83.